The van der Waals surface area contributed by atoms with Gasteiger partial charge in [0, 0.05) is 22.8 Å². The summed E-state index contributed by atoms with van der Waals surface area (Å²) in [5.41, 5.74) is 8.44. The fourth-order valence-electron chi connectivity index (χ4n) is 1.79. The van der Waals surface area contributed by atoms with E-state index >= 15 is 0 Å². The lowest BCUT2D eigenvalue weighted by atomic mass is 10.2. The van der Waals surface area contributed by atoms with Crippen molar-refractivity contribution in [2.45, 2.75) is 6.92 Å². The van der Waals surface area contributed by atoms with Crippen LogP contribution in [0.2, 0.25) is 10.0 Å². The van der Waals surface area contributed by atoms with Crippen molar-refractivity contribution in [3.8, 4) is 0 Å². The number of benzene rings is 2. The highest BCUT2D eigenvalue weighted by Crippen LogP contribution is 2.27. The number of nitrogens with one attached hydrogen (secondary N) is 1. The quantitative estimate of drug-likeness (QED) is 0.796. The van der Waals surface area contributed by atoms with Crippen LogP contribution in [0.1, 0.15) is 5.56 Å². The highest BCUT2D eigenvalue weighted by molar-refractivity contribution is 6.32. The highest BCUT2D eigenvalue weighted by atomic mass is 35.5. The predicted octanol–water partition coefficient (Wildman–Crippen LogP) is 4.55. The molecule has 0 atom stereocenters. The Morgan fingerprint density at radius 3 is 2.57 bits per heavy atom. The Morgan fingerprint density at radius 2 is 1.90 bits per heavy atom. The first kappa shape index (κ1) is 15.5. The molecule has 0 unspecified atom stereocenters. The third-order valence-corrected chi connectivity index (χ3v) is 3.72. The maximum absolute atomic E-state index is 12.2. The van der Waals surface area contributed by atoms with Gasteiger partial charge in [0.15, 0.2) is 0 Å². The lowest BCUT2D eigenvalue weighted by Crippen LogP contribution is -2.31. The molecule has 0 aliphatic rings. The number of hydrogen-bond donors (Lipinski definition) is 2. The summed E-state index contributed by atoms with van der Waals surface area (Å²) in [6, 6.07) is 9.96. The number of hydrogen-bond acceptors (Lipinski definition) is 2. The van der Waals surface area contributed by atoms with Gasteiger partial charge in [0.1, 0.15) is 0 Å². The number of carbonyl (C=O) groups excluding carboxylic acids is 1. The number of halogens is 2. The average molecular weight is 324 g/mol. The van der Waals surface area contributed by atoms with E-state index in [4.69, 9.17) is 28.9 Å². The molecule has 2 aromatic rings. The monoisotopic (exact) mass is 323 g/mol. The minimum absolute atomic E-state index is 0.330. The molecule has 6 heteroatoms. The van der Waals surface area contributed by atoms with Gasteiger partial charge in [0.25, 0.3) is 0 Å². The molecule has 2 rings (SSSR count). The van der Waals surface area contributed by atoms with E-state index in [2.05, 4.69) is 5.32 Å². The van der Waals surface area contributed by atoms with Crippen LogP contribution in [0.4, 0.5) is 21.9 Å². The summed E-state index contributed by atoms with van der Waals surface area (Å²) < 4.78 is 0. The number of nitrogens with two attached hydrogens (primary N) is 1. The van der Waals surface area contributed by atoms with E-state index in [0.717, 1.165) is 5.56 Å². The van der Waals surface area contributed by atoms with E-state index in [9.17, 15) is 4.79 Å². The van der Waals surface area contributed by atoms with Crippen LogP contribution in [0.15, 0.2) is 36.4 Å². The summed E-state index contributed by atoms with van der Waals surface area (Å²) in [6.45, 7) is 1.90. The molecular weight excluding hydrogens is 309 g/mol. The van der Waals surface area contributed by atoms with Gasteiger partial charge < -0.3 is 11.1 Å². The standard InChI is InChI=1S/C15H15Cl2N3O/c1-9-3-5-11(8-12(9)17)19-15(21)20(2)14-7-10(16)4-6-13(14)18/h3-8H,18H2,1-2H3,(H,19,21). The molecule has 2 amide bonds. The zero-order chi connectivity index (χ0) is 15.6. The van der Waals surface area contributed by atoms with Crippen LogP contribution in [-0.2, 0) is 0 Å². The first-order chi connectivity index (χ1) is 9.88. The maximum Gasteiger partial charge on any atom is 0.326 e. The Labute approximate surface area is 133 Å². The zero-order valence-electron chi connectivity index (χ0n) is 11.7. The molecule has 0 heterocycles. The van der Waals surface area contributed by atoms with E-state index in [0.29, 0.717) is 27.1 Å². The molecule has 0 bridgehead atoms. The number of aryl methyl sites for hydroxylation is 1. The zero-order valence-corrected chi connectivity index (χ0v) is 13.2. The largest absolute Gasteiger partial charge is 0.397 e. The third kappa shape index (κ3) is 3.60. The molecule has 0 aromatic heterocycles. The number of urea groups is 1. The molecule has 0 aliphatic carbocycles. The van der Waals surface area contributed by atoms with Gasteiger partial charge in [0.05, 0.1) is 11.4 Å². The molecule has 0 saturated heterocycles. The minimum Gasteiger partial charge on any atom is -0.397 e. The molecule has 21 heavy (non-hydrogen) atoms. The maximum atomic E-state index is 12.2. The molecule has 0 spiro atoms. The van der Waals surface area contributed by atoms with E-state index in [-0.39, 0.29) is 6.03 Å². The second kappa shape index (κ2) is 6.24. The number of nitrogen functional groups attached to an aromatic ring is 1. The molecule has 3 N–H and O–H groups in total. The Balaban J connectivity index is 2.19. The van der Waals surface area contributed by atoms with Gasteiger partial charge >= 0.3 is 6.03 Å². The fourth-order valence-corrected chi connectivity index (χ4v) is 2.14. The second-order valence-electron chi connectivity index (χ2n) is 4.66. The van der Waals surface area contributed by atoms with Crippen LogP contribution in [0.5, 0.6) is 0 Å². The Bertz CT molecular complexity index is 689. The highest BCUT2D eigenvalue weighted by Gasteiger charge is 2.14. The van der Waals surface area contributed by atoms with Gasteiger partial charge in [-0.2, -0.15) is 0 Å². The van der Waals surface area contributed by atoms with Crippen molar-refractivity contribution in [1.82, 2.24) is 0 Å². The molecule has 110 valence electrons. The van der Waals surface area contributed by atoms with Crippen LogP contribution in [0.25, 0.3) is 0 Å². The van der Waals surface area contributed by atoms with Crippen molar-refractivity contribution in [3.63, 3.8) is 0 Å². The topological polar surface area (TPSA) is 58.4 Å². The minimum atomic E-state index is -0.330. The lowest BCUT2D eigenvalue weighted by molar-refractivity contribution is 0.258. The first-order valence-electron chi connectivity index (χ1n) is 6.24. The Morgan fingerprint density at radius 1 is 1.19 bits per heavy atom. The van der Waals surface area contributed by atoms with Crippen LogP contribution >= 0.6 is 23.2 Å². The second-order valence-corrected chi connectivity index (χ2v) is 5.50. The number of rotatable bonds is 2. The SMILES string of the molecule is Cc1ccc(NC(=O)N(C)c2cc(Cl)ccc2N)cc1Cl. The van der Waals surface area contributed by atoms with Crippen LogP contribution in [-0.4, -0.2) is 13.1 Å². The molecular formula is C15H15Cl2N3O. The van der Waals surface area contributed by atoms with Crippen LogP contribution < -0.4 is 16.0 Å². The Kier molecular flexibility index (Phi) is 4.60. The van der Waals surface area contributed by atoms with Crippen molar-refractivity contribution < 1.29 is 4.79 Å². The molecule has 2 aromatic carbocycles. The van der Waals surface area contributed by atoms with Crippen molar-refractivity contribution in [3.05, 3.63) is 52.0 Å². The van der Waals surface area contributed by atoms with Gasteiger partial charge in [-0.15, -0.1) is 0 Å². The molecule has 4 nitrogen and oxygen atoms in total. The van der Waals surface area contributed by atoms with Gasteiger partial charge in [-0.05, 0) is 42.8 Å². The number of nitrogens with zero attached hydrogens (tertiary/aromatic N) is 1. The average Bonchev–Trinajstić information content (AvgIpc) is 2.44. The van der Waals surface area contributed by atoms with Crippen molar-refractivity contribution >= 4 is 46.3 Å². The summed E-state index contributed by atoms with van der Waals surface area (Å²) in [5, 5.41) is 3.87. The van der Waals surface area contributed by atoms with Gasteiger partial charge in [-0.25, -0.2) is 4.79 Å². The van der Waals surface area contributed by atoms with E-state index < -0.39 is 0 Å². The number of anilines is 3. The summed E-state index contributed by atoms with van der Waals surface area (Å²) in [4.78, 5) is 13.6. The van der Waals surface area contributed by atoms with Crippen molar-refractivity contribution in [2.24, 2.45) is 0 Å². The Hall–Kier alpha value is -1.91. The van der Waals surface area contributed by atoms with E-state index in [1.54, 1.807) is 37.4 Å². The number of carbonyl (C=O) groups is 1. The molecule has 0 aliphatic heterocycles. The van der Waals surface area contributed by atoms with Gasteiger partial charge in [-0.3, -0.25) is 4.90 Å². The summed E-state index contributed by atoms with van der Waals surface area (Å²) in [5.74, 6) is 0. The molecule has 0 radical (unpaired) electrons. The summed E-state index contributed by atoms with van der Waals surface area (Å²) in [6.07, 6.45) is 0. The van der Waals surface area contributed by atoms with Gasteiger partial charge in [0.2, 0.25) is 0 Å². The smallest absolute Gasteiger partial charge is 0.326 e. The van der Waals surface area contributed by atoms with Crippen LogP contribution in [0, 0.1) is 6.92 Å². The van der Waals surface area contributed by atoms with Gasteiger partial charge in [-0.1, -0.05) is 29.3 Å². The predicted molar refractivity (Wildman–Crippen MR) is 89.5 cm³/mol. The third-order valence-electron chi connectivity index (χ3n) is 3.08. The van der Waals surface area contributed by atoms with Crippen LogP contribution in [0.3, 0.4) is 0 Å². The molecule has 0 fully saturated rings. The van der Waals surface area contributed by atoms with E-state index in [1.807, 2.05) is 13.0 Å². The van der Waals surface area contributed by atoms with Crippen molar-refractivity contribution in [2.75, 3.05) is 23.0 Å². The lowest BCUT2D eigenvalue weighted by Gasteiger charge is -2.20. The van der Waals surface area contributed by atoms with Crippen molar-refractivity contribution in [1.29, 1.82) is 0 Å². The van der Waals surface area contributed by atoms with E-state index in [1.165, 1.54) is 4.90 Å². The molecule has 0 saturated carbocycles. The summed E-state index contributed by atoms with van der Waals surface area (Å²) in [7, 11) is 1.62. The first-order valence-corrected chi connectivity index (χ1v) is 7.00. The fraction of sp³-hybridized carbons (Fsp3) is 0.133. The number of amides is 2. The normalized spacial score (nSPS) is 10.3. The summed E-state index contributed by atoms with van der Waals surface area (Å²) >= 11 is 12.0.